The third kappa shape index (κ3) is 2.02. The number of thioether (sulfide) groups is 1. The summed E-state index contributed by atoms with van der Waals surface area (Å²) in [5.41, 5.74) is 1.58. The molecule has 0 N–H and O–H groups in total. The largest absolute Gasteiger partial charge is 0.161 e. The summed E-state index contributed by atoms with van der Waals surface area (Å²) in [6, 6.07) is 0. The molecule has 1 aliphatic carbocycles. The van der Waals surface area contributed by atoms with Crippen molar-refractivity contribution < 1.29 is 0 Å². The molecular weight excluding hydrogens is 152 g/mol. The first-order valence-electron chi connectivity index (χ1n) is 4.35. The second-order valence-corrected chi connectivity index (χ2v) is 4.79. The van der Waals surface area contributed by atoms with Crippen molar-refractivity contribution in [3.8, 4) is 0 Å². The number of allylic oxidation sites excluding steroid dienone is 2. The Balaban J connectivity index is 2.67. The van der Waals surface area contributed by atoms with E-state index in [0.29, 0.717) is 0 Å². The molecule has 1 heteroatoms. The number of hydrogen-bond acceptors (Lipinski definition) is 1. The molecule has 0 aromatic carbocycles. The molecule has 0 unspecified atom stereocenters. The lowest BCUT2D eigenvalue weighted by Gasteiger charge is -2.31. The van der Waals surface area contributed by atoms with Crippen molar-refractivity contribution in [2.24, 2.45) is 11.8 Å². The maximum atomic E-state index is 2.43. The summed E-state index contributed by atoms with van der Waals surface area (Å²) in [4.78, 5) is 0. The van der Waals surface area contributed by atoms with Gasteiger partial charge in [-0.1, -0.05) is 25.5 Å². The molecule has 0 aromatic heterocycles. The van der Waals surface area contributed by atoms with Gasteiger partial charge >= 0.3 is 0 Å². The molecule has 11 heavy (non-hydrogen) atoms. The van der Waals surface area contributed by atoms with E-state index in [9.17, 15) is 0 Å². The van der Waals surface area contributed by atoms with Crippen molar-refractivity contribution in [1.29, 1.82) is 0 Å². The molecule has 1 aliphatic rings. The van der Waals surface area contributed by atoms with Crippen molar-refractivity contribution in [2.45, 2.75) is 32.4 Å². The second kappa shape index (κ2) is 3.66. The average Bonchev–Trinajstić information content (AvgIpc) is 1.96. The first kappa shape index (κ1) is 9.18. The smallest absolute Gasteiger partial charge is 0.0112 e. The van der Waals surface area contributed by atoms with Crippen LogP contribution < -0.4 is 0 Å². The second-order valence-electron chi connectivity index (χ2n) is 3.71. The third-order valence-corrected chi connectivity index (χ3v) is 3.99. The van der Waals surface area contributed by atoms with Gasteiger partial charge in [-0.2, -0.15) is 11.8 Å². The van der Waals surface area contributed by atoms with Gasteiger partial charge in [-0.05, 0) is 31.4 Å². The molecular formula is C10H18S. The lowest BCUT2D eigenvalue weighted by Crippen LogP contribution is -2.24. The van der Waals surface area contributed by atoms with Crippen LogP contribution in [0.1, 0.15) is 27.2 Å². The summed E-state index contributed by atoms with van der Waals surface area (Å²) >= 11 is 2.02. The van der Waals surface area contributed by atoms with E-state index in [-0.39, 0.29) is 0 Å². The fourth-order valence-corrected chi connectivity index (χ4v) is 2.92. The molecule has 0 saturated heterocycles. The SMILES string of the molecule is CS[C@@H]1CC(C)=C[C@H](C)[C@H]1C. The van der Waals surface area contributed by atoms with Gasteiger partial charge in [0.2, 0.25) is 0 Å². The summed E-state index contributed by atoms with van der Waals surface area (Å²) < 4.78 is 0. The van der Waals surface area contributed by atoms with Crippen LogP contribution in [-0.4, -0.2) is 11.5 Å². The molecule has 0 amide bonds. The van der Waals surface area contributed by atoms with E-state index in [1.807, 2.05) is 11.8 Å². The Hall–Kier alpha value is 0.0900. The molecule has 0 bridgehead atoms. The van der Waals surface area contributed by atoms with Gasteiger partial charge in [0.05, 0.1) is 0 Å². The van der Waals surface area contributed by atoms with Crippen LogP contribution in [0.3, 0.4) is 0 Å². The third-order valence-electron chi connectivity index (χ3n) is 2.79. The Bertz CT molecular complexity index is 160. The summed E-state index contributed by atoms with van der Waals surface area (Å²) in [5.74, 6) is 1.63. The Kier molecular flexibility index (Phi) is 3.06. The Morgan fingerprint density at radius 3 is 2.64 bits per heavy atom. The van der Waals surface area contributed by atoms with Gasteiger partial charge in [-0.3, -0.25) is 0 Å². The summed E-state index contributed by atoms with van der Waals surface area (Å²) in [6.07, 6.45) is 5.95. The first-order chi connectivity index (χ1) is 5.15. The zero-order valence-electron chi connectivity index (χ0n) is 7.92. The van der Waals surface area contributed by atoms with Gasteiger partial charge in [-0.15, -0.1) is 0 Å². The van der Waals surface area contributed by atoms with Crippen LogP contribution in [0, 0.1) is 11.8 Å². The molecule has 0 heterocycles. The van der Waals surface area contributed by atoms with Crippen molar-refractivity contribution in [3.05, 3.63) is 11.6 Å². The fraction of sp³-hybridized carbons (Fsp3) is 0.800. The normalized spacial score (nSPS) is 38.5. The molecule has 0 aromatic rings. The van der Waals surface area contributed by atoms with Gasteiger partial charge < -0.3 is 0 Å². The Morgan fingerprint density at radius 2 is 2.09 bits per heavy atom. The molecule has 0 saturated carbocycles. The number of hydrogen-bond donors (Lipinski definition) is 0. The molecule has 1 rings (SSSR count). The quantitative estimate of drug-likeness (QED) is 0.544. The van der Waals surface area contributed by atoms with Crippen LogP contribution in [0.15, 0.2) is 11.6 Å². The highest BCUT2D eigenvalue weighted by Gasteiger charge is 2.24. The van der Waals surface area contributed by atoms with Crippen LogP contribution >= 0.6 is 11.8 Å². The average molecular weight is 170 g/mol. The highest BCUT2D eigenvalue weighted by atomic mass is 32.2. The van der Waals surface area contributed by atoms with E-state index >= 15 is 0 Å². The van der Waals surface area contributed by atoms with Crippen molar-refractivity contribution in [2.75, 3.05) is 6.26 Å². The zero-order chi connectivity index (χ0) is 8.43. The van der Waals surface area contributed by atoms with Gasteiger partial charge in [0.25, 0.3) is 0 Å². The molecule has 0 nitrogen and oxygen atoms in total. The lowest BCUT2D eigenvalue weighted by atomic mass is 9.83. The van der Waals surface area contributed by atoms with Crippen molar-refractivity contribution in [1.82, 2.24) is 0 Å². The maximum absolute atomic E-state index is 2.43. The van der Waals surface area contributed by atoms with E-state index in [0.717, 1.165) is 17.1 Å². The molecule has 0 aliphatic heterocycles. The Morgan fingerprint density at radius 1 is 1.45 bits per heavy atom. The van der Waals surface area contributed by atoms with Crippen LogP contribution in [0.2, 0.25) is 0 Å². The maximum Gasteiger partial charge on any atom is 0.0112 e. The fourth-order valence-electron chi connectivity index (χ4n) is 1.81. The number of rotatable bonds is 1. The predicted molar refractivity (Wildman–Crippen MR) is 54.0 cm³/mol. The molecule has 3 atom stereocenters. The molecule has 64 valence electrons. The Labute approximate surface area is 74.5 Å². The summed E-state index contributed by atoms with van der Waals surface area (Å²) in [5, 5.41) is 0.856. The molecule has 0 radical (unpaired) electrons. The van der Waals surface area contributed by atoms with E-state index in [4.69, 9.17) is 0 Å². The minimum Gasteiger partial charge on any atom is -0.161 e. The van der Waals surface area contributed by atoms with Crippen LogP contribution in [-0.2, 0) is 0 Å². The first-order valence-corrected chi connectivity index (χ1v) is 5.64. The highest BCUT2D eigenvalue weighted by molar-refractivity contribution is 7.99. The highest BCUT2D eigenvalue weighted by Crippen LogP contribution is 2.34. The summed E-state index contributed by atoms with van der Waals surface area (Å²) in [6.45, 7) is 6.96. The van der Waals surface area contributed by atoms with Crippen LogP contribution in [0.4, 0.5) is 0 Å². The van der Waals surface area contributed by atoms with Gasteiger partial charge in [0.15, 0.2) is 0 Å². The predicted octanol–water partition coefficient (Wildman–Crippen LogP) is 3.34. The molecule has 0 spiro atoms. The van der Waals surface area contributed by atoms with E-state index in [1.165, 1.54) is 6.42 Å². The minimum absolute atomic E-state index is 0.779. The summed E-state index contributed by atoms with van der Waals surface area (Å²) in [7, 11) is 0. The molecule has 0 fully saturated rings. The van der Waals surface area contributed by atoms with E-state index in [2.05, 4.69) is 33.1 Å². The van der Waals surface area contributed by atoms with E-state index in [1.54, 1.807) is 5.57 Å². The van der Waals surface area contributed by atoms with Gasteiger partial charge in [0, 0.05) is 5.25 Å². The van der Waals surface area contributed by atoms with Crippen molar-refractivity contribution in [3.63, 3.8) is 0 Å². The topological polar surface area (TPSA) is 0 Å². The van der Waals surface area contributed by atoms with E-state index < -0.39 is 0 Å². The van der Waals surface area contributed by atoms with Gasteiger partial charge in [0.1, 0.15) is 0 Å². The standard InChI is InChI=1S/C10H18S/c1-7-5-8(2)9(3)10(6-7)11-4/h5,8-10H,6H2,1-4H3/t8-,9+,10+/m0/s1. The van der Waals surface area contributed by atoms with Crippen LogP contribution in [0.5, 0.6) is 0 Å². The van der Waals surface area contributed by atoms with Gasteiger partial charge in [-0.25, -0.2) is 0 Å². The van der Waals surface area contributed by atoms with Crippen LogP contribution in [0.25, 0.3) is 0 Å². The zero-order valence-corrected chi connectivity index (χ0v) is 8.74. The minimum atomic E-state index is 0.779. The monoisotopic (exact) mass is 170 g/mol. The van der Waals surface area contributed by atoms with Crippen molar-refractivity contribution >= 4 is 11.8 Å². The lowest BCUT2D eigenvalue weighted by molar-refractivity contribution is 0.417.